The molecule has 1 saturated heterocycles. The van der Waals surface area contributed by atoms with Crippen molar-refractivity contribution in [3.8, 4) is 0 Å². The standard InChI is InChI=1S/C10H18N2O2S/c1-7(9(11)15)5-12-10(13)8-3-2-4-14-6-8/h7-8H,2-6H2,1H3,(H2,11,15)(H,12,13). The first-order valence-electron chi connectivity index (χ1n) is 5.26. The number of carbonyl (C=O) groups is 1. The van der Waals surface area contributed by atoms with Gasteiger partial charge in [0, 0.05) is 19.1 Å². The number of thiocarbonyl (C=S) groups is 1. The minimum Gasteiger partial charge on any atom is -0.393 e. The molecule has 0 saturated carbocycles. The van der Waals surface area contributed by atoms with Crippen molar-refractivity contribution in [3.05, 3.63) is 0 Å². The predicted molar refractivity (Wildman–Crippen MR) is 62.5 cm³/mol. The largest absolute Gasteiger partial charge is 0.393 e. The number of ether oxygens (including phenoxy) is 1. The van der Waals surface area contributed by atoms with Gasteiger partial charge in [0.1, 0.15) is 0 Å². The third-order valence-electron chi connectivity index (χ3n) is 2.60. The van der Waals surface area contributed by atoms with E-state index in [0.29, 0.717) is 18.1 Å². The van der Waals surface area contributed by atoms with Crippen LogP contribution in [0.3, 0.4) is 0 Å². The van der Waals surface area contributed by atoms with Gasteiger partial charge in [-0.15, -0.1) is 0 Å². The van der Waals surface area contributed by atoms with Crippen molar-refractivity contribution in [1.82, 2.24) is 5.32 Å². The molecular weight excluding hydrogens is 212 g/mol. The lowest BCUT2D eigenvalue weighted by Gasteiger charge is -2.22. The summed E-state index contributed by atoms with van der Waals surface area (Å²) in [5.41, 5.74) is 5.46. The van der Waals surface area contributed by atoms with Crippen LogP contribution in [0, 0.1) is 11.8 Å². The Morgan fingerprint density at radius 3 is 3.00 bits per heavy atom. The van der Waals surface area contributed by atoms with E-state index in [0.717, 1.165) is 19.4 Å². The number of rotatable bonds is 4. The molecule has 1 amide bonds. The number of hydrogen-bond acceptors (Lipinski definition) is 3. The zero-order chi connectivity index (χ0) is 11.3. The maximum absolute atomic E-state index is 11.6. The molecule has 1 heterocycles. The number of hydrogen-bond donors (Lipinski definition) is 2. The van der Waals surface area contributed by atoms with E-state index < -0.39 is 0 Å². The van der Waals surface area contributed by atoms with Crippen LogP contribution in [0.5, 0.6) is 0 Å². The van der Waals surface area contributed by atoms with Gasteiger partial charge in [-0.25, -0.2) is 0 Å². The normalized spacial score (nSPS) is 23.1. The Morgan fingerprint density at radius 1 is 1.73 bits per heavy atom. The summed E-state index contributed by atoms with van der Waals surface area (Å²) in [6.45, 7) is 3.73. The van der Waals surface area contributed by atoms with Crippen LogP contribution >= 0.6 is 12.2 Å². The molecule has 1 aliphatic heterocycles. The quantitative estimate of drug-likeness (QED) is 0.688. The van der Waals surface area contributed by atoms with E-state index in [4.69, 9.17) is 22.7 Å². The van der Waals surface area contributed by atoms with Gasteiger partial charge < -0.3 is 15.8 Å². The molecule has 0 bridgehead atoms. The van der Waals surface area contributed by atoms with Gasteiger partial charge in [-0.1, -0.05) is 19.1 Å². The second-order valence-electron chi connectivity index (χ2n) is 3.96. The van der Waals surface area contributed by atoms with E-state index in [-0.39, 0.29) is 17.7 Å². The average molecular weight is 230 g/mol. The summed E-state index contributed by atoms with van der Waals surface area (Å²) in [7, 11) is 0. The summed E-state index contributed by atoms with van der Waals surface area (Å²) < 4.78 is 5.25. The van der Waals surface area contributed by atoms with Gasteiger partial charge in [-0.2, -0.15) is 0 Å². The van der Waals surface area contributed by atoms with Crippen molar-refractivity contribution in [3.63, 3.8) is 0 Å². The van der Waals surface area contributed by atoms with E-state index in [1.54, 1.807) is 0 Å². The Morgan fingerprint density at radius 2 is 2.47 bits per heavy atom. The van der Waals surface area contributed by atoms with Crippen LogP contribution in [0.1, 0.15) is 19.8 Å². The SMILES string of the molecule is CC(CNC(=O)C1CCCOC1)C(N)=S. The first-order chi connectivity index (χ1) is 7.11. The molecule has 4 nitrogen and oxygen atoms in total. The Kier molecular flexibility index (Phi) is 4.98. The molecule has 0 spiro atoms. The van der Waals surface area contributed by atoms with Crippen LogP contribution in [0.25, 0.3) is 0 Å². The molecule has 0 radical (unpaired) electrons. The van der Waals surface area contributed by atoms with E-state index in [1.165, 1.54) is 0 Å². The van der Waals surface area contributed by atoms with Gasteiger partial charge in [-0.3, -0.25) is 4.79 Å². The second kappa shape index (κ2) is 6.02. The fourth-order valence-corrected chi connectivity index (χ4v) is 1.53. The zero-order valence-electron chi connectivity index (χ0n) is 8.99. The monoisotopic (exact) mass is 230 g/mol. The summed E-state index contributed by atoms with van der Waals surface area (Å²) in [6.07, 6.45) is 1.87. The molecular formula is C10H18N2O2S. The third kappa shape index (κ3) is 4.13. The number of carbonyl (C=O) groups excluding carboxylic acids is 1. The van der Waals surface area contributed by atoms with Gasteiger partial charge in [0.15, 0.2) is 0 Å². The third-order valence-corrected chi connectivity index (χ3v) is 3.00. The summed E-state index contributed by atoms with van der Waals surface area (Å²) in [5.74, 6) is 0.101. The van der Waals surface area contributed by atoms with Gasteiger partial charge >= 0.3 is 0 Å². The van der Waals surface area contributed by atoms with Gasteiger partial charge in [0.25, 0.3) is 0 Å². The lowest BCUT2D eigenvalue weighted by Crippen LogP contribution is -2.39. The zero-order valence-corrected chi connectivity index (χ0v) is 9.81. The fourth-order valence-electron chi connectivity index (χ4n) is 1.45. The van der Waals surface area contributed by atoms with Crippen molar-refractivity contribution in [2.24, 2.45) is 17.6 Å². The average Bonchev–Trinajstić information content (AvgIpc) is 2.26. The maximum Gasteiger partial charge on any atom is 0.225 e. The molecule has 1 rings (SSSR count). The van der Waals surface area contributed by atoms with Crippen molar-refractivity contribution in [2.75, 3.05) is 19.8 Å². The number of nitrogens with two attached hydrogens (primary N) is 1. The minimum atomic E-state index is -0.00250. The van der Waals surface area contributed by atoms with Crippen molar-refractivity contribution < 1.29 is 9.53 Å². The Labute approximate surface area is 95.5 Å². The van der Waals surface area contributed by atoms with Crippen LogP contribution in [-0.4, -0.2) is 30.7 Å². The van der Waals surface area contributed by atoms with Crippen LogP contribution in [0.4, 0.5) is 0 Å². The van der Waals surface area contributed by atoms with Crippen molar-refractivity contribution in [1.29, 1.82) is 0 Å². The first-order valence-corrected chi connectivity index (χ1v) is 5.67. The number of amides is 1. The molecule has 2 atom stereocenters. The highest BCUT2D eigenvalue weighted by molar-refractivity contribution is 7.80. The molecule has 1 aliphatic rings. The Hall–Kier alpha value is -0.680. The van der Waals surface area contributed by atoms with Gasteiger partial charge in [0.2, 0.25) is 5.91 Å². The van der Waals surface area contributed by atoms with Gasteiger partial charge in [-0.05, 0) is 12.8 Å². The molecule has 15 heavy (non-hydrogen) atoms. The maximum atomic E-state index is 11.6. The first kappa shape index (κ1) is 12.4. The molecule has 0 aromatic carbocycles. The van der Waals surface area contributed by atoms with Crippen LogP contribution in [0.15, 0.2) is 0 Å². The molecule has 0 aromatic heterocycles. The highest BCUT2D eigenvalue weighted by atomic mass is 32.1. The van der Waals surface area contributed by atoms with Crippen LogP contribution < -0.4 is 11.1 Å². The van der Waals surface area contributed by atoms with E-state index in [9.17, 15) is 4.79 Å². The molecule has 3 N–H and O–H groups in total. The second-order valence-corrected chi connectivity index (χ2v) is 4.43. The summed E-state index contributed by atoms with van der Waals surface area (Å²) in [4.78, 5) is 12.1. The molecule has 1 fully saturated rings. The summed E-state index contributed by atoms with van der Waals surface area (Å²) >= 11 is 4.83. The predicted octanol–water partition coefficient (Wildman–Crippen LogP) is 0.451. The lowest BCUT2D eigenvalue weighted by molar-refractivity contribution is -0.129. The molecule has 2 unspecified atom stereocenters. The molecule has 86 valence electrons. The van der Waals surface area contributed by atoms with Crippen LogP contribution in [0.2, 0.25) is 0 Å². The number of nitrogens with one attached hydrogen (secondary N) is 1. The summed E-state index contributed by atoms with van der Waals surface area (Å²) in [5, 5.41) is 2.85. The Bertz CT molecular complexity index is 240. The highest BCUT2D eigenvalue weighted by Crippen LogP contribution is 2.13. The molecule has 5 heteroatoms. The molecule has 0 aromatic rings. The lowest BCUT2D eigenvalue weighted by atomic mass is 10.0. The Balaban J connectivity index is 2.25. The van der Waals surface area contributed by atoms with E-state index in [1.807, 2.05) is 6.92 Å². The van der Waals surface area contributed by atoms with Crippen LogP contribution in [-0.2, 0) is 9.53 Å². The van der Waals surface area contributed by atoms with Crippen molar-refractivity contribution >= 4 is 23.1 Å². The van der Waals surface area contributed by atoms with E-state index in [2.05, 4.69) is 5.32 Å². The van der Waals surface area contributed by atoms with Gasteiger partial charge in [0.05, 0.1) is 17.5 Å². The fraction of sp³-hybridized carbons (Fsp3) is 0.800. The highest BCUT2D eigenvalue weighted by Gasteiger charge is 2.21. The summed E-state index contributed by atoms with van der Waals surface area (Å²) in [6, 6.07) is 0. The topological polar surface area (TPSA) is 64.3 Å². The minimum absolute atomic E-state index is 0.00250. The smallest absolute Gasteiger partial charge is 0.225 e. The van der Waals surface area contributed by atoms with E-state index >= 15 is 0 Å². The molecule has 0 aliphatic carbocycles. The van der Waals surface area contributed by atoms with Crippen molar-refractivity contribution in [2.45, 2.75) is 19.8 Å².